The van der Waals surface area contributed by atoms with E-state index in [1.165, 1.54) is 36.7 Å². The lowest BCUT2D eigenvalue weighted by atomic mass is 10.1. The van der Waals surface area contributed by atoms with E-state index in [9.17, 15) is 18.4 Å². The number of hydrogen-bond acceptors (Lipinski definition) is 5. The van der Waals surface area contributed by atoms with Crippen LogP contribution in [-0.4, -0.2) is 41.6 Å². The molecule has 2 aromatic rings. The van der Waals surface area contributed by atoms with Gasteiger partial charge in [0.05, 0.1) is 24.8 Å². The lowest BCUT2D eigenvalue weighted by molar-refractivity contribution is -0.124. The number of halogens is 3. The Balaban J connectivity index is 1.87. The standard InChI is InChI=1S/C19H17ClF2N6O2/c20-14-5-3-13(4-6-14)17(30)26-11-19(21,22)8-16(29)10-25-18(27-12-23)28-15-2-1-7-24-9-15/h1-7,9H,8,10-11H2,(H,26,30)(H2,25,27,28). The molecule has 0 bridgehead atoms. The van der Waals surface area contributed by atoms with Crippen molar-refractivity contribution in [2.75, 3.05) is 18.4 Å². The van der Waals surface area contributed by atoms with Gasteiger partial charge in [0.25, 0.3) is 11.8 Å². The molecule has 0 aliphatic rings. The largest absolute Gasteiger partial charge is 0.346 e. The highest BCUT2D eigenvalue weighted by molar-refractivity contribution is 6.30. The number of guanidine groups is 1. The fourth-order valence-electron chi connectivity index (χ4n) is 2.22. The van der Waals surface area contributed by atoms with E-state index >= 15 is 0 Å². The first-order valence-corrected chi connectivity index (χ1v) is 8.97. The van der Waals surface area contributed by atoms with Gasteiger partial charge in [0.1, 0.15) is 6.54 Å². The number of aliphatic imine (C=N–C) groups is 1. The van der Waals surface area contributed by atoms with Crippen molar-refractivity contribution in [2.24, 2.45) is 4.99 Å². The molecule has 0 radical (unpaired) electrons. The zero-order chi connectivity index (χ0) is 22.0. The summed E-state index contributed by atoms with van der Waals surface area (Å²) in [6.45, 7) is -1.60. The zero-order valence-electron chi connectivity index (χ0n) is 15.5. The van der Waals surface area contributed by atoms with Crippen LogP contribution in [0.5, 0.6) is 0 Å². The summed E-state index contributed by atoms with van der Waals surface area (Å²) in [7, 11) is 0. The van der Waals surface area contributed by atoms with Gasteiger partial charge in [-0.25, -0.2) is 13.8 Å². The van der Waals surface area contributed by atoms with Crippen molar-refractivity contribution in [3.63, 3.8) is 0 Å². The molecule has 0 spiro atoms. The van der Waals surface area contributed by atoms with Crippen LogP contribution in [0.1, 0.15) is 16.8 Å². The third-order valence-electron chi connectivity index (χ3n) is 3.58. The normalized spacial score (nSPS) is 11.3. The van der Waals surface area contributed by atoms with Gasteiger partial charge in [-0.3, -0.25) is 19.9 Å². The molecule has 2 rings (SSSR count). The monoisotopic (exact) mass is 434 g/mol. The molecule has 1 amide bonds. The number of amides is 1. The van der Waals surface area contributed by atoms with Crippen LogP contribution < -0.4 is 16.0 Å². The smallest absolute Gasteiger partial charge is 0.271 e. The molecule has 0 saturated carbocycles. The van der Waals surface area contributed by atoms with Gasteiger partial charge in [-0.05, 0) is 36.4 Å². The Morgan fingerprint density at radius 3 is 2.60 bits per heavy atom. The maximum atomic E-state index is 14.0. The van der Waals surface area contributed by atoms with E-state index < -0.39 is 37.1 Å². The lowest BCUT2D eigenvalue weighted by Gasteiger charge is -2.16. The quantitative estimate of drug-likeness (QED) is 0.254. The Labute approximate surface area is 176 Å². The van der Waals surface area contributed by atoms with Crippen LogP contribution in [0, 0.1) is 11.5 Å². The first-order valence-electron chi connectivity index (χ1n) is 8.59. The summed E-state index contributed by atoms with van der Waals surface area (Å²) >= 11 is 5.71. The minimum atomic E-state index is -3.46. The minimum Gasteiger partial charge on any atom is -0.346 e. The third-order valence-corrected chi connectivity index (χ3v) is 3.83. The van der Waals surface area contributed by atoms with E-state index in [-0.39, 0.29) is 11.5 Å². The van der Waals surface area contributed by atoms with Crippen molar-refractivity contribution < 1.29 is 18.4 Å². The number of nitriles is 1. The van der Waals surface area contributed by atoms with Crippen LogP contribution in [-0.2, 0) is 4.79 Å². The maximum absolute atomic E-state index is 14.0. The zero-order valence-corrected chi connectivity index (χ0v) is 16.3. The van der Waals surface area contributed by atoms with Gasteiger partial charge < -0.3 is 10.6 Å². The Morgan fingerprint density at radius 2 is 1.97 bits per heavy atom. The van der Waals surface area contributed by atoms with E-state index in [1.807, 2.05) is 0 Å². The molecule has 0 aliphatic heterocycles. The van der Waals surface area contributed by atoms with Crippen molar-refractivity contribution in [3.8, 4) is 6.19 Å². The molecule has 0 aliphatic carbocycles. The number of ketones is 1. The fraction of sp³-hybridized carbons (Fsp3) is 0.211. The number of nitrogens with zero attached hydrogens (tertiary/aromatic N) is 3. The first kappa shape index (κ1) is 22.7. The van der Waals surface area contributed by atoms with E-state index in [2.05, 4.69) is 25.9 Å². The second kappa shape index (κ2) is 10.8. The molecule has 156 valence electrons. The summed E-state index contributed by atoms with van der Waals surface area (Å²) < 4.78 is 28.1. The summed E-state index contributed by atoms with van der Waals surface area (Å²) in [4.78, 5) is 31.5. The van der Waals surface area contributed by atoms with Crippen LogP contribution in [0.4, 0.5) is 14.5 Å². The first-order chi connectivity index (χ1) is 14.3. The number of Topliss-reactive ketones (excluding diaryl/α,β-unsaturated/α-hetero) is 1. The third kappa shape index (κ3) is 7.81. The number of alkyl halides is 2. The summed E-state index contributed by atoms with van der Waals surface area (Å²) in [6.07, 6.45) is 3.50. The number of rotatable bonds is 8. The van der Waals surface area contributed by atoms with Gasteiger partial charge in [-0.15, -0.1) is 0 Å². The number of nitrogens with one attached hydrogen (secondary N) is 3. The molecule has 1 aromatic heterocycles. The Bertz CT molecular complexity index is 946. The minimum absolute atomic E-state index is 0.0850. The molecule has 3 N–H and O–H groups in total. The average molecular weight is 435 g/mol. The molecule has 0 saturated heterocycles. The van der Waals surface area contributed by atoms with Crippen molar-refractivity contribution in [1.82, 2.24) is 15.6 Å². The molecule has 0 fully saturated rings. The number of carbonyl (C=O) groups excluding carboxylic acids is 2. The van der Waals surface area contributed by atoms with Gasteiger partial charge in [0.2, 0.25) is 5.96 Å². The van der Waals surface area contributed by atoms with Crippen molar-refractivity contribution in [3.05, 3.63) is 59.4 Å². The second-order valence-electron chi connectivity index (χ2n) is 6.03. The summed E-state index contributed by atoms with van der Waals surface area (Å²) in [5.74, 6) is -5.13. The van der Waals surface area contributed by atoms with Crippen LogP contribution in [0.25, 0.3) is 0 Å². The van der Waals surface area contributed by atoms with Crippen LogP contribution in [0.3, 0.4) is 0 Å². The maximum Gasteiger partial charge on any atom is 0.271 e. The fourth-order valence-corrected chi connectivity index (χ4v) is 2.35. The highest BCUT2D eigenvalue weighted by Gasteiger charge is 2.32. The molecular weight excluding hydrogens is 418 g/mol. The van der Waals surface area contributed by atoms with E-state index in [0.717, 1.165) is 0 Å². The highest BCUT2D eigenvalue weighted by Crippen LogP contribution is 2.18. The number of anilines is 1. The summed E-state index contributed by atoms with van der Waals surface area (Å²) in [5.41, 5.74) is 0.654. The number of benzene rings is 1. The number of hydrogen-bond donors (Lipinski definition) is 3. The summed E-state index contributed by atoms with van der Waals surface area (Å²) in [6, 6.07) is 8.99. The molecule has 0 unspecified atom stereocenters. The molecule has 0 atom stereocenters. The van der Waals surface area contributed by atoms with Gasteiger partial charge >= 0.3 is 0 Å². The molecule has 11 heteroatoms. The second-order valence-corrected chi connectivity index (χ2v) is 6.47. The summed E-state index contributed by atoms with van der Waals surface area (Å²) in [5, 5.41) is 16.2. The van der Waals surface area contributed by atoms with Gasteiger partial charge in [-0.2, -0.15) is 5.26 Å². The van der Waals surface area contributed by atoms with E-state index in [0.29, 0.717) is 10.7 Å². The van der Waals surface area contributed by atoms with E-state index in [4.69, 9.17) is 16.9 Å². The van der Waals surface area contributed by atoms with Crippen LogP contribution >= 0.6 is 11.6 Å². The lowest BCUT2D eigenvalue weighted by Crippen LogP contribution is -2.38. The van der Waals surface area contributed by atoms with E-state index in [1.54, 1.807) is 18.3 Å². The number of aromatic nitrogens is 1. The van der Waals surface area contributed by atoms with Crippen LogP contribution in [0.15, 0.2) is 53.8 Å². The Hall–Kier alpha value is -3.58. The molecule has 1 heterocycles. The topological polar surface area (TPSA) is 119 Å². The molecule has 30 heavy (non-hydrogen) atoms. The van der Waals surface area contributed by atoms with Crippen molar-refractivity contribution in [1.29, 1.82) is 5.26 Å². The average Bonchev–Trinajstić information content (AvgIpc) is 2.71. The number of pyridine rings is 1. The predicted octanol–water partition coefficient (Wildman–Crippen LogP) is 2.60. The SMILES string of the molecule is N#CNC(=NCC(=O)CC(F)(F)CNC(=O)c1ccc(Cl)cc1)Nc1cccnc1. The van der Waals surface area contributed by atoms with Crippen LogP contribution in [0.2, 0.25) is 5.02 Å². The van der Waals surface area contributed by atoms with Crippen molar-refractivity contribution in [2.45, 2.75) is 12.3 Å². The van der Waals surface area contributed by atoms with Gasteiger partial charge in [-0.1, -0.05) is 11.6 Å². The van der Waals surface area contributed by atoms with Gasteiger partial charge in [0.15, 0.2) is 12.0 Å². The molecule has 8 nitrogen and oxygen atoms in total. The number of carbonyl (C=O) groups is 2. The molecule has 1 aromatic carbocycles. The van der Waals surface area contributed by atoms with Gasteiger partial charge in [0, 0.05) is 16.8 Å². The predicted molar refractivity (Wildman–Crippen MR) is 107 cm³/mol. The van der Waals surface area contributed by atoms with Crippen molar-refractivity contribution >= 4 is 34.9 Å². The Kier molecular flexibility index (Phi) is 8.19. The highest BCUT2D eigenvalue weighted by atomic mass is 35.5. The Morgan fingerprint density at radius 1 is 1.23 bits per heavy atom. The molecular formula is C19H17ClF2N6O2.